The van der Waals surface area contributed by atoms with Crippen LogP contribution in [0.1, 0.15) is 31.9 Å². The summed E-state index contributed by atoms with van der Waals surface area (Å²) in [5.41, 5.74) is 5.86. The van der Waals surface area contributed by atoms with Crippen molar-refractivity contribution >= 4 is 5.69 Å². The van der Waals surface area contributed by atoms with Crippen LogP contribution in [0.2, 0.25) is 0 Å². The number of rotatable bonds is 4. The van der Waals surface area contributed by atoms with Gasteiger partial charge in [-0.3, -0.25) is 0 Å². The first-order valence-electron chi connectivity index (χ1n) is 7.65. The van der Waals surface area contributed by atoms with Gasteiger partial charge in [-0.15, -0.1) is 0 Å². The van der Waals surface area contributed by atoms with Gasteiger partial charge in [0.25, 0.3) is 0 Å². The molecule has 0 saturated carbocycles. The van der Waals surface area contributed by atoms with E-state index >= 15 is 0 Å². The number of nitrogens with one attached hydrogen (secondary N) is 1. The van der Waals surface area contributed by atoms with Crippen molar-refractivity contribution in [2.75, 3.05) is 11.9 Å². The van der Waals surface area contributed by atoms with Gasteiger partial charge in [0.15, 0.2) is 0 Å². The SMILES string of the molecule is CC(C)C(C)(O)CNc1ccc2c(c1)Cc1ccccc1-2. The molecular formula is C19H23NO. The summed E-state index contributed by atoms with van der Waals surface area (Å²) in [6, 6.07) is 15.1. The molecule has 0 saturated heterocycles. The first kappa shape index (κ1) is 14.2. The maximum atomic E-state index is 10.3. The Morgan fingerprint density at radius 2 is 1.81 bits per heavy atom. The average Bonchev–Trinajstić information content (AvgIpc) is 2.82. The molecule has 2 aromatic rings. The average molecular weight is 281 g/mol. The second-order valence-corrected chi connectivity index (χ2v) is 6.57. The molecule has 2 heteroatoms. The molecular weight excluding hydrogens is 258 g/mol. The highest BCUT2D eigenvalue weighted by atomic mass is 16.3. The van der Waals surface area contributed by atoms with E-state index in [0.717, 1.165) is 12.1 Å². The lowest BCUT2D eigenvalue weighted by atomic mass is 9.92. The molecule has 0 radical (unpaired) electrons. The lowest BCUT2D eigenvalue weighted by Crippen LogP contribution is -2.38. The van der Waals surface area contributed by atoms with Crippen LogP contribution >= 0.6 is 0 Å². The molecule has 2 N–H and O–H groups in total. The van der Waals surface area contributed by atoms with Crippen LogP contribution < -0.4 is 5.32 Å². The summed E-state index contributed by atoms with van der Waals surface area (Å²) in [7, 11) is 0. The second kappa shape index (κ2) is 5.19. The number of benzene rings is 2. The van der Waals surface area contributed by atoms with Gasteiger partial charge in [0, 0.05) is 12.2 Å². The minimum absolute atomic E-state index is 0.226. The van der Waals surface area contributed by atoms with Crippen molar-refractivity contribution in [3.05, 3.63) is 53.6 Å². The minimum atomic E-state index is -0.692. The van der Waals surface area contributed by atoms with Gasteiger partial charge in [0.2, 0.25) is 0 Å². The number of hydrogen-bond donors (Lipinski definition) is 2. The molecule has 0 spiro atoms. The highest BCUT2D eigenvalue weighted by Gasteiger charge is 2.24. The molecule has 1 atom stereocenters. The fraction of sp³-hybridized carbons (Fsp3) is 0.368. The summed E-state index contributed by atoms with van der Waals surface area (Å²) in [5.74, 6) is 0.226. The third-order valence-corrected chi connectivity index (χ3v) is 4.69. The summed E-state index contributed by atoms with van der Waals surface area (Å²) in [6.07, 6.45) is 1.00. The highest BCUT2D eigenvalue weighted by molar-refractivity contribution is 5.78. The molecule has 3 rings (SSSR count). The van der Waals surface area contributed by atoms with Crippen LogP contribution in [0, 0.1) is 5.92 Å². The molecule has 0 amide bonds. The van der Waals surface area contributed by atoms with Crippen molar-refractivity contribution in [3.63, 3.8) is 0 Å². The monoisotopic (exact) mass is 281 g/mol. The molecule has 0 aromatic heterocycles. The maximum Gasteiger partial charge on any atom is 0.0813 e. The van der Waals surface area contributed by atoms with E-state index in [1.165, 1.54) is 22.3 Å². The van der Waals surface area contributed by atoms with Crippen LogP contribution in [-0.4, -0.2) is 17.3 Å². The Morgan fingerprint density at radius 1 is 1.10 bits per heavy atom. The number of hydrogen-bond acceptors (Lipinski definition) is 2. The summed E-state index contributed by atoms with van der Waals surface area (Å²) in [5, 5.41) is 13.7. The first-order chi connectivity index (χ1) is 9.97. The zero-order chi connectivity index (χ0) is 15.0. The zero-order valence-electron chi connectivity index (χ0n) is 13.0. The summed E-state index contributed by atoms with van der Waals surface area (Å²) in [6.45, 7) is 6.53. The van der Waals surface area contributed by atoms with Crippen LogP contribution in [0.25, 0.3) is 11.1 Å². The van der Waals surface area contributed by atoms with Gasteiger partial charge in [-0.2, -0.15) is 0 Å². The molecule has 2 aromatic carbocycles. The Balaban J connectivity index is 1.78. The predicted molar refractivity (Wildman–Crippen MR) is 88.6 cm³/mol. The van der Waals surface area contributed by atoms with E-state index in [4.69, 9.17) is 0 Å². The standard InChI is InChI=1S/C19H23NO/c1-13(2)19(3,21)12-20-16-8-9-18-15(11-16)10-14-6-4-5-7-17(14)18/h4-9,11,13,20-21H,10,12H2,1-3H3. The Bertz CT molecular complexity index is 658. The van der Waals surface area contributed by atoms with E-state index in [2.05, 4.69) is 47.8 Å². The van der Waals surface area contributed by atoms with Gasteiger partial charge >= 0.3 is 0 Å². The van der Waals surface area contributed by atoms with Crippen molar-refractivity contribution in [2.24, 2.45) is 5.92 Å². The maximum absolute atomic E-state index is 10.3. The van der Waals surface area contributed by atoms with Gasteiger partial charge in [0.1, 0.15) is 0 Å². The summed E-state index contributed by atoms with van der Waals surface area (Å²) < 4.78 is 0. The minimum Gasteiger partial charge on any atom is -0.388 e. The quantitative estimate of drug-likeness (QED) is 0.755. The smallest absolute Gasteiger partial charge is 0.0813 e. The van der Waals surface area contributed by atoms with Gasteiger partial charge in [-0.1, -0.05) is 44.2 Å². The van der Waals surface area contributed by atoms with E-state index in [-0.39, 0.29) is 5.92 Å². The number of fused-ring (bicyclic) bond motifs is 3. The molecule has 110 valence electrons. The molecule has 21 heavy (non-hydrogen) atoms. The number of anilines is 1. The van der Waals surface area contributed by atoms with E-state index in [1.54, 1.807) is 0 Å². The van der Waals surface area contributed by atoms with Crippen LogP contribution in [0.15, 0.2) is 42.5 Å². The Kier molecular flexibility index (Phi) is 3.50. The van der Waals surface area contributed by atoms with Crippen molar-refractivity contribution in [1.82, 2.24) is 0 Å². The van der Waals surface area contributed by atoms with Crippen molar-refractivity contribution in [2.45, 2.75) is 32.8 Å². The Morgan fingerprint density at radius 3 is 2.57 bits per heavy atom. The number of aliphatic hydroxyl groups is 1. The summed E-state index contributed by atoms with van der Waals surface area (Å²) >= 11 is 0. The van der Waals surface area contributed by atoms with E-state index in [1.807, 2.05) is 20.8 Å². The molecule has 0 heterocycles. The largest absolute Gasteiger partial charge is 0.388 e. The Labute approximate surface area is 126 Å². The van der Waals surface area contributed by atoms with E-state index < -0.39 is 5.60 Å². The molecule has 0 aliphatic heterocycles. The van der Waals surface area contributed by atoms with E-state index in [0.29, 0.717) is 6.54 Å². The van der Waals surface area contributed by atoms with Crippen LogP contribution in [0.3, 0.4) is 0 Å². The Hall–Kier alpha value is -1.80. The molecule has 0 bridgehead atoms. The van der Waals surface area contributed by atoms with Crippen LogP contribution in [-0.2, 0) is 6.42 Å². The normalized spacial score (nSPS) is 15.5. The molecule has 2 nitrogen and oxygen atoms in total. The third-order valence-electron chi connectivity index (χ3n) is 4.69. The van der Waals surface area contributed by atoms with Crippen LogP contribution in [0.4, 0.5) is 5.69 Å². The van der Waals surface area contributed by atoms with Crippen molar-refractivity contribution in [3.8, 4) is 11.1 Å². The first-order valence-corrected chi connectivity index (χ1v) is 7.65. The predicted octanol–water partition coefficient (Wildman–Crippen LogP) is 4.08. The lowest BCUT2D eigenvalue weighted by Gasteiger charge is -2.28. The van der Waals surface area contributed by atoms with Gasteiger partial charge in [-0.25, -0.2) is 0 Å². The molecule has 0 fully saturated rings. The van der Waals surface area contributed by atoms with E-state index in [9.17, 15) is 5.11 Å². The fourth-order valence-electron chi connectivity index (χ4n) is 2.74. The molecule has 1 aliphatic carbocycles. The zero-order valence-corrected chi connectivity index (χ0v) is 13.0. The van der Waals surface area contributed by atoms with Gasteiger partial charge < -0.3 is 10.4 Å². The van der Waals surface area contributed by atoms with Gasteiger partial charge in [-0.05, 0) is 53.6 Å². The topological polar surface area (TPSA) is 32.3 Å². The van der Waals surface area contributed by atoms with Crippen molar-refractivity contribution < 1.29 is 5.11 Å². The van der Waals surface area contributed by atoms with Gasteiger partial charge in [0.05, 0.1) is 5.60 Å². The highest BCUT2D eigenvalue weighted by Crippen LogP contribution is 2.37. The molecule has 1 aliphatic rings. The second-order valence-electron chi connectivity index (χ2n) is 6.57. The summed E-state index contributed by atoms with van der Waals surface area (Å²) in [4.78, 5) is 0. The molecule has 1 unspecified atom stereocenters. The van der Waals surface area contributed by atoms with Crippen LogP contribution in [0.5, 0.6) is 0 Å². The lowest BCUT2D eigenvalue weighted by molar-refractivity contribution is 0.0266. The third kappa shape index (κ3) is 2.68. The fourth-order valence-corrected chi connectivity index (χ4v) is 2.74. The van der Waals surface area contributed by atoms with Crippen molar-refractivity contribution in [1.29, 1.82) is 0 Å².